The summed E-state index contributed by atoms with van der Waals surface area (Å²) in [4.78, 5) is 4.79. The summed E-state index contributed by atoms with van der Waals surface area (Å²) >= 11 is 1.83. The molecule has 0 saturated carbocycles. The summed E-state index contributed by atoms with van der Waals surface area (Å²) in [6.45, 7) is 9.20. The fraction of sp³-hybridized carbons (Fsp3) is 0.143. The van der Waals surface area contributed by atoms with Crippen molar-refractivity contribution in [2.24, 2.45) is 0 Å². The second kappa shape index (κ2) is 10.2. The molecule has 0 unspecified atom stereocenters. The average Bonchev–Trinajstić information content (AvgIpc) is 3.08. The number of para-hydroxylation sites is 5. The van der Waals surface area contributed by atoms with Crippen LogP contribution in [0.2, 0.25) is 0 Å². The SMILES string of the molecule is CC1(C)c2ccccc2Oc2c(N(c3cccc4c3Oc3ccccc3O4)c3cccc4c3Sc3ccccc3C4(C)C)cccc21. The lowest BCUT2D eigenvalue weighted by Crippen LogP contribution is -2.27. The summed E-state index contributed by atoms with van der Waals surface area (Å²) < 4.78 is 20.0. The Balaban J connectivity index is 1.32. The van der Waals surface area contributed by atoms with Gasteiger partial charge in [-0.15, -0.1) is 0 Å². The fourth-order valence-electron chi connectivity index (χ4n) is 7.35. The summed E-state index contributed by atoms with van der Waals surface area (Å²) in [6, 6.07) is 44.2. The van der Waals surface area contributed by atoms with Gasteiger partial charge in [-0.2, -0.15) is 0 Å². The van der Waals surface area contributed by atoms with E-state index in [9.17, 15) is 0 Å². The van der Waals surface area contributed by atoms with E-state index >= 15 is 0 Å². The molecule has 0 fully saturated rings. The van der Waals surface area contributed by atoms with Crippen LogP contribution in [0, 0.1) is 0 Å². The van der Waals surface area contributed by atoms with Crippen LogP contribution in [0.4, 0.5) is 17.1 Å². The normalized spacial score (nSPS) is 15.6. The molecule has 3 aliphatic rings. The third-order valence-electron chi connectivity index (χ3n) is 9.84. The Morgan fingerprint density at radius 3 is 1.72 bits per heavy atom. The van der Waals surface area contributed by atoms with E-state index in [-0.39, 0.29) is 10.8 Å². The lowest BCUT2D eigenvalue weighted by atomic mass is 9.75. The summed E-state index contributed by atoms with van der Waals surface area (Å²) in [6.07, 6.45) is 0. The van der Waals surface area contributed by atoms with Crippen LogP contribution in [0.3, 0.4) is 0 Å². The van der Waals surface area contributed by atoms with Gasteiger partial charge in [0.05, 0.1) is 17.1 Å². The third kappa shape index (κ3) is 4.16. The molecule has 0 radical (unpaired) electrons. The highest BCUT2D eigenvalue weighted by Crippen LogP contribution is 2.60. The molecule has 4 nitrogen and oxygen atoms in total. The second-order valence-electron chi connectivity index (χ2n) is 13.3. The Bertz CT molecular complexity index is 2130. The maximum absolute atomic E-state index is 6.89. The molecule has 0 aliphatic carbocycles. The van der Waals surface area contributed by atoms with E-state index in [2.05, 4.69) is 118 Å². The number of benzene rings is 6. The zero-order chi connectivity index (χ0) is 31.9. The van der Waals surface area contributed by atoms with E-state index in [4.69, 9.17) is 14.2 Å². The van der Waals surface area contributed by atoms with Gasteiger partial charge in [-0.05, 0) is 59.7 Å². The lowest BCUT2D eigenvalue weighted by molar-refractivity contribution is 0.360. The molecule has 0 N–H and O–H groups in total. The van der Waals surface area contributed by atoms with Gasteiger partial charge in [0.2, 0.25) is 0 Å². The smallest absolute Gasteiger partial charge is 0.194 e. The summed E-state index contributed by atoms with van der Waals surface area (Å²) in [5.74, 6) is 4.44. The molecule has 6 aromatic carbocycles. The van der Waals surface area contributed by atoms with Crippen LogP contribution >= 0.6 is 11.8 Å². The van der Waals surface area contributed by atoms with Crippen molar-refractivity contribution in [2.75, 3.05) is 4.90 Å². The van der Waals surface area contributed by atoms with E-state index in [0.717, 1.165) is 34.1 Å². The molecule has 3 aliphatic heterocycles. The number of rotatable bonds is 3. The number of nitrogens with zero attached hydrogens (tertiary/aromatic N) is 1. The molecule has 0 atom stereocenters. The molecule has 0 spiro atoms. The Morgan fingerprint density at radius 2 is 0.936 bits per heavy atom. The predicted octanol–water partition coefficient (Wildman–Crippen LogP) is 12.3. The first-order valence-electron chi connectivity index (χ1n) is 16.0. The molecular formula is C42H33NO3S. The van der Waals surface area contributed by atoms with Crippen LogP contribution in [-0.2, 0) is 10.8 Å². The molecule has 0 saturated heterocycles. The first-order chi connectivity index (χ1) is 22.8. The Labute approximate surface area is 279 Å². The van der Waals surface area contributed by atoms with Crippen molar-refractivity contribution in [1.82, 2.24) is 0 Å². The quantitative estimate of drug-likeness (QED) is 0.194. The van der Waals surface area contributed by atoms with Crippen LogP contribution in [-0.4, -0.2) is 0 Å². The maximum atomic E-state index is 6.89. The van der Waals surface area contributed by atoms with Crippen molar-refractivity contribution in [3.8, 4) is 34.5 Å². The average molecular weight is 632 g/mol. The summed E-state index contributed by atoms with van der Waals surface area (Å²) in [5, 5.41) is 0. The number of anilines is 3. The van der Waals surface area contributed by atoms with Crippen molar-refractivity contribution in [3.63, 3.8) is 0 Å². The number of hydrogen-bond donors (Lipinski definition) is 0. The second-order valence-corrected chi connectivity index (χ2v) is 14.4. The van der Waals surface area contributed by atoms with E-state index in [0.29, 0.717) is 23.0 Å². The minimum Gasteiger partial charge on any atom is -0.455 e. The van der Waals surface area contributed by atoms with Gasteiger partial charge in [-0.3, -0.25) is 0 Å². The molecule has 230 valence electrons. The van der Waals surface area contributed by atoms with Gasteiger partial charge in [0, 0.05) is 31.7 Å². The zero-order valence-corrected chi connectivity index (χ0v) is 27.5. The van der Waals surface area contributed by atoms with Gasteiger partial charge >= 0.3 is 0 Å². The molecule has 0 aromatic heterocycles. The van der Waals surface area contributed by atoms with Gasteiger partial charge < -0.3 is 19.1 Å². The molecular weight excluding hydrogens is 599 g/mol. The summed E-state index contributed by atoms with van der Waals surface area (Å²) in [5.41, 5.74) is 7.33. The predicted molar refractivity (Wildman–Crippen MR) is 189 cm³/mol. The standard InChI is InChI=1S/C42H33NO3S/c1-41(2)26-14-5-7-21-33(26)45-38-28(41)16-11-18-30(38)43(31-19-13-24-36-39(31)46-35-23-9-8-22-34(35)44-36)32-20-12-17-29-40(32)47-37-25-10-6-15-27(37)42(29,3)4/h5-25H,1-4H3. The minimum atomic E-state index is -0.272. The molecule has 0 bridgehead atoms. The number of ether oxygens (including phenoxy) is 3. The fourth-order valence-corrected chi connectivity index (χ4v) is 8.85. The van der Waals surface area contributed by atoms with Gasteiger partial charge in [0.1, 0.15) is 5.75 Å². The Morgan fingerprint density at radius 1 is 0.426 bits per heavy atom. The van der Waals surface area contributed by atoms with E-state index in [1.54, 1.807) is 0 Å². The molecule has 9 rings (SSSR count). The summed E-state index contributed by atoms with van der Waals surface area (Å²) in [7, 11) is 0. The van der Waals surface area contributed by atoms with Crippen molar-refractivity contribution in [3.05, 3.63) is 150 Å². The highest BCUT2D eigenvalue weighted by atomic mass is 32.2. The van der Waals surface area contributed by atoms with Crippen LogP contribution in [0.25, 0.3) is 0 Å². The van der Waals surface area contributed by atoms with Gasteiger partial charge in [0.25, 0.3) is 0 Å². The van der Waals surface area contributed by atoms with Crippen molar-refractivity contribution >= 4 is 28.8 Å². The maximum Gasteiger partial charge on any atom is 0.194 e. The Kier molecular flexibility index (Phi) is 6.09. The van der Waals surface area contributed by atoms with E-state index in [1.165, 1.54) is 26.5 Å². The molecule has 0 amide bonds. The van der Waals surface area contributed by atoms with E-state index < -0.39 is 0 Å². The number of hydrogen-bond acceptors (Lipinski definition) is 5. The largest absolute Gasteiger partial charge is 0.455 e. The van der Waals surface area contributed by atoms with Crippen LogP contribution in [0.15, 0.2) is 137 Å². The van der Waals surface area contributed by atoms with Gasteiger partial charge in [0.15, 0.2) is 28.7 Å². The third-order valence-corrected chi connectivity index (χ3v) is 11.1. The lowest BCUT2D eigenvalue weighted by Gasteiger charge is -2.40. The molecule has 47 heavy (non-hydrogen) atoms. The zero-order valence-electron chi connectivity index (χ0n) is 26.7. The van der Waals surface area contributed by atoms with Crippen molar-refractivity contribution in [1.29, 1.82) is 0 Å². The van der Waals surface area contributed by atoms with Gasteiger partial charge in [-0.25, -0.2) is 0 Å². The van der Waals surface area contributed by atoms with Crippen LogP contribution in [0.5, 0.6) is 34.5 Å². The minimum absolute atomic E-state index is 0.193. The topological polar surface area (TPSA) is 30.9 Å². The first kappa shape index (κ1) is 28.1. The van der Waals surface area contributed by atoms with Crippen molar-refractivity contribution in [2.45, 2.75) is 48.3 Å². The first-order valence-corrected chi connectivity index (χ1v) is 16.8. The Hall–Kier alpha value is -5.13. The highest BCUT2D eigenvalue weighted by molar-refractivity contribution is 7.99. The van der Waals surface area contributed by atoms with E-state index in [1.807, 2.05) is 54.2 Å². The van der Waals surface area contributed by atoms with Crippen LogP contribution < -0.4 is 19.1 Å². The van der Waals surface area contributed by atoms with Crippen molar-refractivity contribution < 1.29 is 14.2 Å². The highest BCUT2D eigenvalue weighted by Gasteiger charge is 2.40. The monoisotopic (exact) mass is 631 g/mol. The molecule has 5 heteroatoms. The molecule has 6 aromatic rings. The van der Waals surface area contributed by atoms with Gasteiger partial charge in [-0.1, -0.05) is 118 Å². The van der Waals surface area contributed by atoms with Crippen LogP contribution in [0.1, 0.15) is 49.9 Å². The number of fused-ring (bicyclic) bond motifs is 6. The molecule has 3 heterocycles.